The third-order valence-electron chi connectivity index (χ3n) is 5.77. The summed E-state index contributed by atoms with van der Waals surface area (Å²) in [5, 5.41) is 0. The van der Waals surface area contributed by atoms with Crippen molar-refractivity contribution in [3.05, 3.63) is 46.8 Å². The molecule has 0 spiro atoms. The van der Waals surface area contributed by atoms with Gasteiger partial charge in [-0.1, -0.05) is 0 Å². The number of carbonyl (C=O) groups excluding carboxylic acids is 1. The minimum Gasteiger partial charge on any atom is -0.337 e. The van der Waals surface area contributed by atoms with E-state index < -0.39 is 0 Å². The Morgan fingerprint density at radius 3 is 2.60 bits per heavy atom. The molecule has 0 radical (unpaired) electrons. The van der Waals surface area contributed by atoms with E-state index in [0.29, 0.717) is 11.6 Å². The first-order valence-electron chi connectivity index (χ1n) is 9.40. The van der Waals surface area contributed by atoms with Crippen molar-refractivity contribution in [3.8, 4) is 0 Å². The standard InChI is InChI=1S/C20H26N4O/c1-14-11-18(21-12-15(14)2)20(25)23-9-6-16(7-10-23)19-22-13-17-5-3-4-8-24(17)19/h11-13,16H,3-10H2,1-2H3. The fourth-order valence-corrected chi connectivity index (χ4v) is 4.03. The smallest absolute Gasteiger partial charge is 0.272 e. The lowest BCUT2D eigenvalue weighted by molar-refractivity contribution is 0.0704. The van der Waals surface area contributed by atoms with Crippen molar-refractivity contribution in [2.24, 2.45) is 0 Å². The maximum Gasteiger partial charge on any atom is 0.272 e. The molecule has 4 rings (SSSR count). The van der Waals surface area contributed by atoms with Crippen LogP contribution in [0.4, 0.5) is 0 Å². The van der Waals surface area contributed by atoms with Gasteiger partial charge >= 0.3 is 0 Å². The van der Waals surface area contributed by atoms with Gasteiger partial charge in [-0.2, -0.15) is 0 Å². The van der Waals surface area contributed by atoms with Crippen LogP contribution in [-0.4, -0.2) is 38.4 Å². The number of imidazole rings is 1. The van der Waals surface area contributed by atoms with Crippen LogP contribution in [0.5, 0.6) is 0 Å². The number of carbonyl (C=O) groups is 1. The van der Waals surface area contributed by atoms with Gasteiger partial charge in [-0.25, -0.2) is 4.98 Å². The van der Waals surface area contributed by atoms with Crippen LogP contribution in [0.3, 0.4) is 0 Å². The predicted molar refractivity (Wildman–Crippen MR) is 96.8 cm³/mol. The van der Waals surface area contributed by atoms with Crippen molar-refractivity contribution in [1.82, 2.24) is 19.4 Å². The van der Waals surface area contributed by atoms with Crippen molar-refractivity contribution in [1.29, 1.82) is 0 Å². The van der Waals surface area contributed by atoms with E-state index in [9.17, 15) is 4.79 Å². The van der Waals surface area contributed by atoms with Crippen LogP contribution >= 0.6 is 0 Å². The van der Waals surface area contributed by atoms with Crippen LogP contribution in [0.15, 0.2) is 18.5 Å². The normalized spacial score (nSPS) is 18.2. The molecule has 1 saturated heterocycles. The number of piperidine rings is 1. The molecule has 2 aromatic rings. The Morgan fingerprint density at radius 1 is 1.04 bits per heavy atom. The summed E-state index contributed by atoms with van der Waals surface area (Å²) in [5.41, 5.74) is 4.20. The van der Waals surface area contributed by atoms with Gasteiger partial charge in [-0.15, -0.1) is 0 Å². The van der Waals surface area contributed by atoms with Gasteiger partial charge in [0.05, 0.1) is 0 Å². The lowest BCUT2D eigenvalue weighted by Gasteiger charge is -2.32. The third-order valence-corrected chi connectivity index (χ3v) is 5.77. The molecular formula is C20H26N4O. The molecule has 0 atom stereocenters. The van der Waals surface area contributed by atoms with Crippen LogP contribution in [0, 0.1) is 13.8 Å². The summed E-state index contributed by atoms with van der Waals surface area (Å²) in [6.45, 7) is 6.74. The molecule has 0 N–H and O–H groups in total. The van der Waals surface area contributed by atoms with Crippen molar-refractivity contribution < 1.29 is 4.79 Å². The molecular weight excluding hydrogens is 312 g/mol. The number of hydrogen-bond donors (Lipinski definition) is 0. The van der Waals surface area contributed by atoms with Crippen LogP contribution in [-0.2, 0) is 13.0 Å². The van der Waals surface area contributed by atoms with Crippen LogP contribution in [0.25, 0.3) is 0 Å². The molecule has 25 heavy (non-hydrogen) atoms. The molecule has 0 unspecified atom stereocenters. The Balaban J connectivity index is 1.43. The molecule has 1 amide bonds. The zero-order valence-electron chi connectivity index (χ0n) is 15.2. The number of amides is 1. The summed E-state index contributed by atoms with van der Waals surface area (Å²) in [6, 6.07) is 1.91. The number of pyridine rings is 1. The summed E-state index contributed by atoms with van der Waals surface area (Å²) >= 11 is 0. The van der Waals surface area contributed by atoms with Gasteiger partial charge in [0.1, 0.15) is 11.5 Å². The molecule has 0 aliphatic carbocycles. The Bertz CT molecular complexity index is 787. The monoisotopic (exact) mass is 338 g/mol. The third kappa shape index (κ3) is 3.08. The highest BCUT2D eigenvalue weighted by atomic mass is 16.2. The average Bonchev–Trinajstić information content (AvgIpc) is 3.08. The highest BCUT2D eigenvalue weighted by Gasteiger charge is 2.28. The van der Waals surface area contributed by atoms with E-state index in [4.69, 9.17) is 4.98 Å². The van der Waals surface area contributed by atoms with E-state index in [2.05, 4.69) is 15.7 Å². The van der Waals surface area contributed by atoms with Crippen LogP contribution < -0.4 is 0 Å². The molecule has 5 heteroatoms. The van der Waals surface area contributed by atoms with Gasteiger partial charge in [0.2, 0.25) is 0 Å². The Hall–Kier alpha value is -2.17. The van der Waals surface area contributed by atoms with E-state index >= 15 is 0 Å². The molecule has 0 saturated carbocycles. The number of aryl methyl sites for hydroxylation is 3. The van der Waals surface area contributed by atoms with Crippen molar-refractivity contribution in [2.75, 3.05) is 13.1 Å². The average molecular weight is 338 g/mol. The first-order valence-corrected chi connectivity index (χ1v) is 9.40. The minimum absolute atomic E-state index is 0.0618. The Morgan fingerprint density at radius 2 is 1.84 bits per heavy atom. The Labute approximate surface area is 149 Å². The summed E-state index contributed by atoms with van der Waals surface area (Å²) in [4.78, 5) is 23.7. The summed E-state index contributed by atoms with van der Waals surface area (Å²) < 4.78 is 2.43. The predicted octanol–water partition coefficient (Wildman–Crippen LogP) is 3.25. The van der Waals surface area contributed by atoms with Crippen LogP contribution in [0.1, 0.15) is 64.7 Å². The molecule has 1 fully saturated rings. The van der Waals surface area contributed by atoms with E-state index in [-0.39, 0.29) is 5.91 Å². The van der Waals surface area contributed by atoms with Gasteiger partial charge in [-0.3, -0.25) is 9.78 Å². The molecule has 0 bridgehead atoms. The minimum atomic E-state index is 0.0618. The molecule has 2 aromatic heterocycles. The zero-order valence-corrected chi connectivity index (χ0v) is 15.2. The maximum absolute atomic E-state index is 12.7. The fraction of sp³-hybridized carbons (Fsp3) is 0.550. The molecule has 132 valence electrons. The number of fused-ring (bicyclic) bond motifs is 1. The van der Waals surface area contributed by atoms with Crippen LogP contribution in [0.2, 0.25) is 0 Å². The van der Waals surface area contributed by atoms with Gasteiger partial charge in [0, 0.05) is 43.6 Å². The molecule has 2 aliphatic heterocycles. The van der Waals surface area contributed by atoms with E-state index in [0.717, 1.165) is 50.0 Å². The summed E-state index contributed by atoms with van der Waals surface area (Å²) in [6.07, 6.45) is 9.53. The summed E-state index contributed by atoms with van der Waals surface area (Å²) in [7, 11) is 0. The first kappa shape index (κ1) is 16.3. The number of nitrogens with zero attached hydrogens (tertiary/aromatic N) is 4. The van der Waals surface area contributed by atoms with E-state index in [1.165, 1.54) is 24.4 Å². The van der Waals surface area contributed by atoms with Gasteiger partial charge in [-0.05, 0) is 63.1 Å². The van der Waals surface area contributed by atoms with Crippen molar-refractivity contribution in [2.45, 2.75) is 58.4 Å². The second kappa shape index (κ2) is 6.62. The number of likely N-dealkylation sites (tertiary alicyclic amines) is 1. The largest absolute Gasteiger partial charge is 0.337 e. The highest BCUT2D eigenvalue weighted by molar-refractivity contribution is 5.92. The lowest BCUT2D eigenvalue weighted by Crippen LogP contribution is -2.39. The summed E-state index contributed by atoms with van der Waals surface area (Å²) in [5.74, 6) is 1.78. The van der Waals surface area contributed by atoms with Crippen molar-refractivity contribution in [3.63, 3.8) is 0 Å². The molecule has 0 aromatic carbocycles. The lowest BCUT2D eigenvalue weighted by atomic mass is 9.95. The SMILES string of the molecule is Cc1cnc(C(=O)N2CCC(c3ncc4n3CCCC4)CC2)cc1C. The highest BCUT2D eigenvalue weighted by Crippen LogP contribution is 2.30. The van der Waals surface area contributed by atoms with Gasteiger partial charge in [0.15, 0.2) is 0 Å². The fourth-order valence-electron chi connectivity index (χ4n) is 4.03. The Kier molecular flexibility index (Phi) is 4.32. The second-order valence-corrected chi connectivity index (χ2v) is 7.44. The number of rotatable bonds is 2. The van der Waals surface area contributed by atoms with E-state index in [1.807, 2.05) is 24.8 Å². The van der Waals surface area contributed by atoms with E-state index in [1.54, 1.807) is 6.20 Å². The molecule has 5 nitrogen and oxygen atoms in total. The zero-order chi connectivity index (χ0) is 17.4. The first-order chi connectivity index (χ1) is 12.1. The maximum atomic E-state index is 12.7. The topological polar surface area (TPSA) is 51.0 Å². The van der Waals surface area contributed by atoms with Gasteiger partial charge in [0.25, 0.3) is 5.91 Å². The van der Waals surface area contributed by atoms with Gasteiger partial charge < -0.3 is 9.47 Å². The molecule has 2 aliphatic rings. The number of hydrogen-bond acceptors (Lipinski definition) is 3. The molecule has 4 heterocycles. The second-order valence-electron chi connectivity index (χ2n) is 7.44. The van der Waals surface area contributed by atoms with Crippen molar-refractivity contribution >= 4 is 5.91 Å². The quantitative estimate of drug-likeness (QED) is 0.844. The number of aromatic nitrogens is 3.